The monoisotopic (exact) mass is 452 g/mol. The van der Waals surface area contributed by atoms with Crippen molar-refractivity contribution in [2.24, 2.45) is 0 Å². The first-order valence-electron chi connectivity index (χ1n) is 10.4. The highest BCUT2D eigenvalue weighted by atomic mass is 32.1. The van der Waals surface area contributed by atoms with Crippen LogP contribution in [0.4, 0.5) is 0 Å². The zero-order chi connectivity index (χ0) is 22.3. The number of nitrogens with zero attached hydrogens (tertiary/aromatic N) is 6. The first kappa shape index (κ1) is 20.8. The third-order valence-corrected chi connectivity index (χ3v) is 6.27. The van der Waals surface area contributed by atoms with E-state index in [2.05, 4.69) is 15.2 Å². The number of benzene rings is 1. The van der Waals surface area contributed by atoms with Crippen molar-refractivity contribution < 1.29 is 14.9 Å². The van der Waals surface area contributed by atoms with Crippen LogP contribution in [0, 0.1) is 0 Å². The van der Waals surface area contributed by atoms with Gasteiger partial charge in [0.25, 0.3) is 0 Å². The van der Waals surface area contributed by atoms with Crippen LogP contribution in [0.1, 0.15) is 18.7 Å². The van der Waals surface area contributed by atoms with Crippen molar-refractivity contribution in [3.05, 3.63) is 41.8 Å². The summed E-state index contributed by atoms with van der Waals surface area (Å²) in [5.74, 6) is 1.44. The van der Waals surface area contributed by atoms with Crippen molar-refractivity contribution in [1.29, 1.82) is 0 Å². The highest BCUT2D eigenvalue weighted by molar-refractivity contribution is 7.15. The third kappa shape index (κ3) is 4.04. The number of fused-ring (bicyclic) bond motifs is 3. The van der Waals surface area contributed by atoms with Crippen LogP contribution in [0.2, 0.25) is 0 Å². The Morgan fingerprint density at radius 1 is 1.22 bits per heavy atom. The summed E-state index contributed by atoms with van der Waals surface area (Å²) in [5, 5.41) is 28.7. The van der Waals surface area contributed by atoms with Gasteiger partial charge in [-0.2, -0.15) is 10.2 Å². The molecule has 10 heteroatoms. The van der Waals surface area contributed by atoms with E-state index in [-0.39, 0.29) is 6.61 Å². The lowest BCUT2D eigenvalue weighted by molar-refractivity contribution is 0.0577. The number of hydrogen-bond donors (Lipinski definition) is 2. The quantitative estimate of drug-likeness (QED) is 0.463. The zero-order valence-corrected chi connectivity index (χ0v) is 18.7. The Hall–Kier alpha value is -3.08. The number of rotatable bonds is 6. The van der Waals surface area contributed by atoms with Crippen LogP contribution in [0.25, 0.3) is 33.2 Å². The topological polar surface area (TPSA) is 111 Å². The van der Waals surface area contributed by atoms with Gasteiger partial charge < -0.3 is 14.9 Å². The maximum atomic E-state index is 10.0. The van der Waals surface area contributed by atoms with E-state index in [4.69, 9.17) is 9.72 Å². The van der Waals surface area contributed by atoms with E-state index in [9.17, 15) is 10.2 Å². The fourth-order valence-electron chi connectivity index (χ4n) is 3.78. The molecule has 9 nitrogen and oxygen atoms in total. The van der Waals surface area contributed by atoms with Crippen LogP contribution >= 0.6 is 11.3 Å². The molecule has 3 aromatic heterocycles. The van der Waals surface area contributed by atoms with E-state index < -0.39 is 5.60 Å². The molecule has 166 valence electrons. The summed E-state index contributed by atoms with van der Waals surface area (Å²) >= 11 is 1.59. The summed E-state index contributed by atoms with van der Waals surface area (Å²) in [6.07, 6.45) is 5.97. The molecule has 0 spiro atoms. The molecule has 32 heavy (non-hydrogen) atoms. The maximum absolute atomic E-state index is 10.0. The Morgan fingerprint density at radius 2 is 2.09 bits per heavy atom. The molecule has 0 amide bonds. The van der Waals surface area contributed by atoms with E-state index >= 15 is 0 Å². The minimum atomic E-state index is -0.833. The predicted molar refractivity (Wildman–Crippen MR) is 120 cm³/mol. The van der Waals surface area contributed by atoms with Crippen molar-refractivity contribution in [2.45, 2.75) is 39.0 Å². The summed E-state index contributed by atoms with van der Waals surface area (Å²) in [5.41, 5.74) is 2.97. The summed E-state index contributed by atoms with van der Waals surface area (Å²) in [4.78, 5) is 10.4. The van der Waals surface area contributed by atoms with Gasteiger partial charge in [0.05, 0.1) is 43.8 Å². The molecular formula is C22H24N6O3S. The van der Waals surface area contributed by atoms with Crippen molar-refractivity contribution in [2.75, 3.05) is 13.2 Å². The fourth-order valence-corrected chi connectivity index (χ4v) is 4.84. The van der Waals surface area contributed by atoms with Crippen LogP contribution in [-0.2, 0) is 19.5 Å². The van der Waals surface area contributed by atoms with Gasteiger partial charge in [-0.05, 0) is 31.5 Å². The van der Waals surface area contributed by atoms with Crippen LogP contribution in [0.15, 0.2) is 36.9 Å². The average Bonchev–Trinajstić information content (AvgIpc) is 3.45. The van der Waals surface area contributed by atoms with E-state index in [1.54, 1.807) is 40.7 Å². The molecule has 1 aromatic carbocycles. The standard InChI is InChI=1S/C22H24N6O3S/c1-22(2,30)12-27-11-15(10-24-27)14-3-4-16-17(9-14)31-8-5-18-19(16)26-21(32-18)20-23-13-25-28(20)6-7-29/h3-4,9-11,13,29-30H,5-8,12H2,1-2H3. The van der Waals surface area contributed by atoms with Gasteiger partial charge in [0.1, 0.15) is 12.1 Å². The number of ether oxygens (including phenoxy) is 1. The predicted octanol–water partition coefficient (Wildman–Crippen LogP) is 2.63. The van der Waals surface area contributed by atoms with Crippen LogP contribution in [-0.4, -0.2) is 58.6 Å². The molecule has 4 aromatic rings. The van der Waals surface area contributed by atoms with E-state index in [0.717, 1.165) is 44.4 Å². The van der Waals surface area contributed by atoms with Crippen molar-refractivity contribution >= 4 is 11.3 Å². The number of aliphatic hydroxyl groups is 2. The van der Waals surface area contributed by atoms with E-state index in [0.29, 0.717) is 25.5 Å². The fraction of sp³-hybridized carbons (Fsp3) is 0.364. The van der Waals surface area contributed by atoms with Gasteiger partial charge in [0.15, 0.2) is 10.8 Å². The SMILES string of the molecule is CC(C)(O)Cn1cc(-c2ccc3c(c2)OCCc2sc(-c4ncnn4CCO)nc2-3)cn1. The van der Waals surface area contributed by atoms with Gasteiger partial charge >= 0.3 is 0 Å². The summed E-state index contributed by atoms with van der Waals surface area (Å²) in [6.45, 7) is 4.87. The van der Waals surface area contributed by atoms with Crippen molar-refractivity contribution in [3.63, 3.8) is 0 Å². The molecule has 1 aliphatic rings. The average molecular weight is 453 g/mol. The molecule has 0 bridgehead atoms. The molecular weight excluding hydrogens is 428 g/mol. The summed E-state index contributed by atoms with van der Waals surface area (Å²) in [7, 11) is 0. The Balaban J connectivity index is 1.49. The van der Waals surface area contributed by atoms with Crippen LogP contribution in [0.5, 0.6) is 5.75 Å². The van der Waals surface area contributed by atoms with Gasteiger partial charge in [0.2, 0.25) is 0 Å². The van der Waals surface area contributed by atoms with Crippen LogP contribution < -0.4 is 4.74 Å². The molecule has 0 aliphatic carbocycles. The van der Waals surface area contributed by atoms with Gasteiger partial charge in [-0.3, -0.25) is 4.68 Å². The van der Waals surface area contributed by atoms with Gasteiger partial charge in [-0.1, -0.05) is 6.07 Å². The van der Waals surface area contributed by atoms with Gasteiger partial charge in [0, 0.05) is 28.6 Å². The zero-order valence-electron chi connectivity index (χ0n) is 17.9. The van der Waals surface area contributed by atoms with Gasteiger partial charge in [-0.15, -0.1) is 11.3 Å². The first-order valence-corrected chi connectivity index (χ1v) is 11.2. The number of thiazole rings is 1. The molecule has 0 radical (unpaired) electrons. The second kappa shape index (κ2) is 8.12. The second-order valence-corrected chi connectivity index (χ2v) is 9.45. The molecule has 0 saturated heterocycles. The summed E-state index contributed by atoms with van der Waals surface area (Å²) in [6, 6.07) is 6.09. The third-order valence-electron chi connectivity index (χ3n) is 5.15. The van der Waals surface area contributed by atoms with Crippen molar-refractivity contribution in [1.82, 2.24) is 29.5 Å². The molecule has 0 fully saturated rings. The molecule has 0 saturated carbocycles. The minimum absolute atomic E-state index is 0.00666. The first-order chi connectivity index (χ1) is 15.4. The largest absolute Gasteiger partial charge is 0.492 e. The lowest BCUT2D eigenvalue weighted by Gasteiger charge is -2.16. The van der Waals surface area contributed by atoms with E-state index in [1.807, 2.05) is 24.4 Å². The lowest BCUT2D eigenvalue weighted by atomic mass is 10.0. The molecule has 4 heterocycles. The molecule has 0 atom stereocenters. The van der Waals surface area contributed by atoms with Gasteiger partial charge in [-0.25, -0.2) is 14.6 Å². The molecule has 5 rings (SSSR count). The van der Waals surface area contributed by atoms with Crippen molar-refractivity contribution in [3.8, 4) is 39.0 Å². The minimum Gasteiger partial charge on any atom is -0.492 e. The Bertz CT molecular complexity index is 1250. The summed E-state index contributed by atoms with van der Waals surface area (Å²) < 4.78 is 9.48. The molecule has 1 aliphatic heterocycles. The highest BCUT2D eigenvalue weighted by Gasteiger charge is 2.23. The molecule has 2 N–H and O–H groups in total. The second-order valence-electron chi connectivity index (χ2n) is 8.37. The number of hydrogen-bond acceptors (Lipinski definition) is 8. The molecule has 0 unspecified atom stereocenters. The normalized spacial score (nSPS) is 13.4. The van der Waals surface area contributed by atoms with Crippen LogP contribution in [0.3, 0.4) is 0 Å². The lowest BCUT2D eigenvalue weighted by Crippen LogP contribution is -2.26. The highest BCUT2D eigenvalue weighted by Crippen LogP contribution is 2.41. The Kier molecular flexibility index (Phi) is 5.28. The van der Waals surface area contributed by atoms with E-state index in [1.165, 1.54) is 6.33 Å². The number of aromatic nitrogens is 6. The smallest absolute Gasteiger partial charge is 0.187 e. The Morgan fingerprint density at radius 3 is 2.91 bits per heavy atom. The Labute approximate surface area is 189 Å². The maximum Gasteiger partial charge on any atom is 0.187 e. The number of aliphatic hydroxyl groups excluding tert-OH is 1.